The van der Waals surface area contributed by atoms with E-state index in [0.717, 1.165) is 12.8 Å². The fourth-order valence-corrected chi connectivity index (χ4v) is 1.69. The Morgan fingerprint density at radius 2 is 2.00 bits per heavy atom. The van der Waals surface area contributed by atoms with Crippen molar-refractivity contribution in [1.29, 1.82) is 0 Å². The van der Waals surface area contributed by atoms with Crippen LogP contribution >= 0.6 is 0 Å². The average Bonchev–Trinajstić information content (AvgIpc) is 2.09. The van der Waals surface area contributed by atoms with E-state index in [1.807, 2.05) is 0 Å². The maximum Gasteiger partial charge on any atom is 0.304 e. The third-order valence-corrected chi connectivity index (χ3v) is 2.56. The van der Waals surface area contributed by atoms with E-state index in [1.54, 1.807) is 0 Å². The van der Waals surface area contributed by atoms with Gasteiger partial charge in [0.25, 0.3) is 0 Å². The summed E-state index contributed by atoms with van der Waals surface area (Å²) in [5, 5.41) is 2.96. The first-order chi connectivity index (χ1) is 6.08. The van der Waals surface area contributed by atoms with Gasteiger partial charge in [-0.05, 0) is 23.9 Å². The zero-order valence-electron chi connectivity index (χ0n) is 8.08. The molecule has 1 rings (SSSR count). The predicted molar refractivity (Wildman–Crippen MR) is 47.9 cm³/mol. The second-order valence-corrected chi connectivity index (χ2v) is 3.81. The van der Waals surface area contributed by atoms with Crippen molar-refractivity contribution in [2.45, 2.75) is 45.3 Å². The van der Waals surface area contributed by atoms with Crippen LogP contribution in [0.4, 0.5) is 0 Å². The van der Waals surface area contributed by atoms with Crippen LogP contribution in [0.1, 0.15) is 39.5 Å². The Hall–Kier alpha value is -0.930. The van der Waals surface area contributed by atoms with E-state index in [4.69, 9.17) is 4.74 Å². The number of ether oxygens (including phenoxy) is 1. The molecule has 0 amide bonds. The maximum absolute atomic E-state index is 10.7. The van der Waals surface area contributed by atoms with Crippen LogP contribution in [0.25, 0.3) is 0 Å². The van der Waals surface area contributed by atoms with E-state index >= 15 is 0 Å². The first-order valence-electron chi connectivity index (χ1n) is 4.62. The first kappa shape index (κ1) is 10.2. The minimum absolute atomic E-state index is 0.422. The molecule has 0 bridgehead atoms. The molecule has 0 heterocycles. The third-order valence-electron chi connectivity index (χ3n) is 2.56. The van der Waals surface area contributed by atoms with Crippen LogP contribution in [0.3, 0.4) is 0 Å². The van der Waals surface area contributed by atoms with E-state index in [9.17, 15) is 9.70 Å². The van der Waals surface area contributed by atoms with Gasteiger partial charge in [-0.3, -0.25) is 4.79 Å². The molecular weight excluding hydrogens is 170 g/mol. The van der Waals surface area contributed by atoms with Gasteiger partial charge in [0.1, 0.15) is 0 Å². The fraction of sp³-hybridized carbons (Fsp3) is 0.889. The molecule has 4 nitrogen and oxygen atoms in total. The highest BCUT2D eigenvalue weighted by molar-refractivity contribution is 5.66. The summed E-state index contributed by atoms with van der Waals surface area (Å²) in [6.45, 7) is 3.44. The lowest BCUT2D eigenvalue weighted by molar-refractivity contribution is -0.160. The van der Waals surface area contributed by atoms with Gasteiger partial charge < -0.3 is 4.74 Å². The van der Waals surface area contributed by atoms with Crippen LogP contribution in [0, 0.1) is 10.8 Å². The van der Waals surface area contributed by atoms with Crippen molar-refractivity contribution in [1.82, 2.24) is 0 Å². The molecule has 1 aliphatic carbocycles. The molecule has 0 aromatic carbocycles. The molecule has 1 aliphatic rings. The van der Waals surface area contributed by atoms with Crippen LogP contribution in [0.15, 0.2) is 5.18 Å². The van der Waals surface area contributed by atoms with E-state index in [0.29, 0.717) is 18.8 Å². The lowest BCUT2D eigenvalue weighted by Crippen LogP contribution is -2.35. The Bertz CT molecular complexity index is 207. The molecule has 0 saturated heterocycles. The molecule has 0 spiro atoms. The van der Waals surface area contributed by atoms with Crippen LogP contribution in [-0.4, -0.2) is 11.7 Å². The van der Waals surface area contributed by atoms with Crippen molar-refractivity contribution in [3.8, 4) is 0 Å². The molecule has 4 heteroatoms. The number of nitroso groups, excluding NO2 is 1. The summed E-state index contributed by atoms with van der Waals surface area (Å²) in [6.07, 6.45) is 2.94. The van der Waals surface area contributed by atoms with Crippen molar-refractivity contribution in [3.63, 3.8) is 0 Å². The Labute approximate surface area is 77.6 Å². The molecule has 0 aromatic heterocycles. The molecule has 0 atom stereocenters. The van der Waals surface area contributed by atoms with Gasteiger partial charge in [0.15, 0.2) is 0 Å². The van der Waals surface area contributed by atoms with Crippen LogP contribution < -0.4 is 0 Å². The molecule has 1 fully saturated rings. The van der Waals surface area contributed by atoms with Crippen molar-refractivity contribution in [2.75, 3.05) is 0 Å². The second kappa shape index (κ2) is 3.85. The summed E-state index contributed by atoms with van der Waals surface area (Å²) in [4.78, 5) is 21.3. The van der Waals surface area contributed by atoms with E-state index in [1.165, 1.54) is 6.92 Å². The lowest BCUT2D eigenvalue weighted by Gasteiger charge is -2.32. The van der Waals surface area contributed by atoms with Crippen molar-refractivity contribution in [2.24, 2.45) is 11.1 Å². The zero-order chi connectivity index (χ0) is 9.90. The molecular formula is C9H15NO3. The van der Waals surface area contributed by atoms with Gasteiger partial charge in [0, 0.05) is 19.8 Å². The Kier molecular flexibility index (Phi) is 3.01. The van der Waals surface area contributed by atoms with Crippen LogP contribution in [-0.2, 0) is 9.53 Å². The van der Waals surface area contributed by atoms with Crippen molar-refractivity contribution in [3.05, 3.63) is 4.91 Å². The van der Waals surface area contributed by atoms with Gasteiger partial charge in [-0.15, -0.1) is 4.91 Å². The highest BCUT2D eigenvalue weighted by Gasteiger charge is 2.38. The number of carbonyl (C=O) groups is 1. The van der Waals surface area contributed by atoms with E-state index in [-0.39, 0.29) is 0 Å². The molecule has 0 N–H and O–H groups in total. The maximum atomic E-state index is 10.7. The first-order valence-corrected chi connectivity index (χ1v) is 4.62. The quantitative estimate of drug-likeness (QED) is 0.489. The van der Waals surface area contributed by atoms with Gasteiger partial charge in [0.2, 0.25) is 5.72 Å². The Morgan fingerprint density at radius 3 is 2.38 bits per heavy atom. The van der Waals surface area contributed by atoms with Crippen LogP contribution in [0.2, 0.25) is 0 Å². The van der Waals surface area contributed by atoms with E-state index < -0.39 is 11.7 Å². The number of hydrogen-bond donors (Lipinski definition) is 0. The zero-order valence-corrected chi connectivity index (χ0v) is 8.08. The Balaban J connectivity index is 2.60. The molecule has 0 aliphatic heterocycles. The van der Waals surface area contributed by atoms with Gasteiger partial charge in [0.05, 0.1) is 0 Å². The second-order valence-electron chi connectivity index (χ2n) is 3.81. The molecule has 0 aromatic rings. The number of hydrogen-bond acceptors (Lipinski definition) is 4. The van der Waals surface area contributed by atoms with Gasteiger partial charge in [-0.2, -0.15) is 0 Å². The summed E-state index contributed by atoms with van der Waals surface area (Å²) < 4.78 is 4.96. The predicted octanol–water partition coefficient (Wildman–Crippen LogP) is 2.22. The van der Waals surface area contributed by atoms with Crippen molar-refractivity contribution < 1.29 is 9.53 Å². The lowest BCUT2D eigenvalue weighted by atomic mass is 9.85. The summed E-state index contributed by atoms with van der Waals surface area (Å²) in [5.74, 6) is 0.180. The molecule has 0 unspecified atom stereocenters. The summed E-state index contributed by atoms with van der Waals surface area (Å²) >= 11 is 0. The summed E-state index contributed by atoms with van der Waals surface area (Å²) in [5.41, 5.74) is -1.06. The standard InChI is InChI=1S/C9H15NO3/c1-7-3-5-9(10-12,6-4-7)13-8(2)11/h7H,3-6H2,1-2H3. The minimum Gasteiger partial charge on any atom is -0.434 e. The highest BCUT2D eigenvalue weighted by atomic mass is 16.6. The monoisotopic (exact) mass is 185 g/mol. The number of rotatable bonds is 2. The molecule has 74 valence electrons. The molecule has 0 radical (unpaired) electrons. The largest absolute Gasteiger partial charge is 0.434 e. The van der Waals surface area contributed by atoms with Gasteiger partial charge >= 0.3 is 5.97 Å². The third kappa shape index (κ3) is 2.50. The topological polar surface area (TPSA) is 55.7 Å². The Morgan fingerprint density at radius 1 is 1.46 bits per heavy atom. The highest BCUT2D eigenvalue weighted by Crippen LogP contribution is 2.35. The number of nitrogens with zero attached hydrogens (tertiary/aromatic N) is 1. The fourth-order valence-electron chi connectivity index (χ4n) is 1.69. The van der Waals surface area contributed by atoms with Gasteiger partial charge in [-0.25, -0.2) is 0 Å². The van der Waals surface area contributed by atoms with E-state index in [2.05, 4.69) is 12.1 Å². The van der Waals surface area contributed by atoms with Gasteiger partial charge in [-0.1, -0.05) is 6.92 Å². The van der Waals surface area contributed by atoms with Crippen molar-refractivity contribution >= 4 is 5.97 Å². The number of esters is 1. The minimum atomic E-state index is -1.06. The van der Waals surface area contributed by atoms with Crippen LogP contribution in [0.5, 0.6) is 0 Å². The summed E-state index contributed by atoms with van der Waals surface area (Å²) in [7, 11) is 0. The molecule has 1 saturated carbocycles. The summed E-state index contributed by atoms with van der Waals surface area (Å²) in [6, 6.07) is 0. The molecule has 13 heavy (non-hydrogen) atoms. The smallest absolute Gasteiger partial charge is 0.304 e. The SMILES string of the molecule is CC(=O)OC1(N=O)CCC(C)CC1. The normalized spacial score (nSPS) is 33.8. The number of carbonyl (C=O) groups excluding carboxylic acids is 1. The average molecular weight is 185 g/mol.